The predicted molar refractivity (Wildman–Crippen MR) is 65.1 cm³/mol. The Morgan fingerprint density at radius 1 is 1.44 bits per heavy atom. The fraction of sp³-hybridized carbons (Fsp3) is 0.750. The van der Waals surface area contributed by atoms with Crippen LogP contribution in [0.4, 0.5) is 0 Å². The quantitative estimate of drug-likeness (QED) is 0.832. The first-order chi connectivity index (χ1) is 7.40. The largest absolute Gasteiger partial charge is 0.360 e. The Balaban J connectivity index is 2.45. The first kappa shape index (κ1) is 13.2. The number of hydrogen-bond donors (Lipinski definition) is 1. The molecular formula is C12H23N3O. The van der Waals surface area contributed by atoms with Crippen LogP contribution in [-0.2, 0) is 13.1 Å². The Hall–Kier alpha value is -0.870. The lowest BCUT2D eigenvalue weighted by Gasteiger charge is -2.19. The second kappa shape index (κ2) is 5.46. The lowest BCUT2D eigenvalue weighted by molar-refractivity contribution is 0.280. The minimum absolute atomic E-state index is 0.110. The van der Waals surface area contributed by atoms with E-state index in [-0.39, 0.29) is 5.54 Å². The zero-order valence-corrected chi connectivity index (χ0v) is 11.0. The fourth-order valence-corrected chi connectivity index (χ4v) is 1.25. The van der Waals surface area contributed by atoms with Crippen LogP contribution >= 0.6 is 0 Å². The fourth-order valence-electron chi connectivity index (χ4n) is 1.25. The van der Waals surface area contributed by atoms with Gasteiger partial charge in [0.05, 0.1) is 12.2 Å². The Morgan fingerprint density at radius 3 is 2.69 bits per heavy atom. The Kier molecular flexibility index (Phi) is 4.50. The van der Waals surface area contributed by atoms with Gasteiger partial charge in [0.25, 0.3) is 0 Å². The van der Waals surface area contributed by atoms with Crippen LogP contribution in [0.1, 0.15) is 39.1 Å². The summed E-state index contributed by atoms with van der Waals surface area (Å²) in [5, 5.41) is 7.43. The van der Waals surface area contributed by atoms with Crippen molar-refractivity contribution in [3.8, 4) is 0 Å². The van der Waals surface area contributed by atoms with Crippen LogP contribution < -0.4 is 5.32 Å². The van der Waals surface area contributed by atoms with E-state index in [1.165, 1.54) is 0 Å². The molecule has 0 radical (unpaired) electrons. The molecule has 1 aromatic heterocycles. The van der Waals surface area contributed by atoms with E-state index in [2.05, 4.69) is 50.1 Å². The molecule has 0 aliphatic carbocycles. The second-order valence-corrected chi connectivity index (χ2v) is 5.22. The molecule has 92 valence electrons. The molecule has 0 saturated carbocycles. The van der Waals surface area contributed by atoms with Gasteiger partial charge in [-0.3, -0.25) is 4.90 Å². The Labute approximate surface area is 98.0 Å². The van der Waals surface area contributed by atoms with Crippen molar-refractivity contribution in [2.24, 2.45) is 0 Å². The Morgan fingerprint density at radius 2 is 2.12 bits per heavy atom. The average molecular weight is 225 g/mol. The highest BCUT2D eigenvalue weighted by atomic mass is 16.5. The third-order valence-electron chi connectivity index (χ3n) is 2.37. The van der Waals surface area contributed by atoms with Crippen LogP contribution in [0.5, 0.6) is 0 Å². The topological polar surface area (TPSA) is 41.3 Å². The molecule has 4 nitrogen and oxygen atoms in total. The van der Waals surface area contributed by atoms with E-state index in [0.29, 0.717) is 0 Å². The van der Waals surface area contributed by atoms with Gasteiger partial charge in [0.2, 0.25) is 0 Å². The van der Waals surface area contributed by atoms with Crippen molar-refractivity contribution in [1.29, 1.82) is 0 Å². The zero-order chi connectivity index (χ0) is 12.2. The van der Waals surface area contributed by atoms with Gasteiger partial charge >= 0.3 is 0 Å². The molecule has 1 aromatic rings. The number of hydrogen-bond acceptors (Lipinski definition) is 4. The third-order valence-corrected chi connectivity index (χ3v) is 2.37. The SMILES string of the molecule is CCN(C)Cc1cc(CNC(C)(C)C)no1. The van der Waals surface area contributed by atoms with E-state index in [1.54, 1.807) is 0 Å². The molecule has 16 heavy (non-hydrogen) atoms. The van der Waals surface area contributed by atoms with Crippen LogP contribution in [0.25, 0.3) is 0 Å². The molecule has 0 fully saturated rings. The summed E-state index contributed by atoms with van der Waals surface area (Å²) in [6.07, 6.45) is 0. The van der Waals surface area contributed by atoms with Crippen molar-refractivity contribution < 1.29 is 4.52 Å². The highest BCUT2D eigenvalue weighted by Gasteiger charge is 2.11. The second-order valence-electron chi connectivity index (χ2n) is 5.22. The van der Waals surface area contributed by atoms with Crippen LogP contribution in [0.3, 0.4) is 0 Å². The maximum atomic E-state index is 5.27. The lowest BCUT2D eigenvalue weighted by Crippen LogP contribution is -2.35. The van der Waals surface area contributed by atoms with Gasteiger partial charge in [-0.25, -0.2) is 0 Å². The molecule has 0 aromatic carbocycles. The van der Waals surface area contributed by atoms with E-state index in [4.69, 9.17) is 4.52 Å². The zero-order valence-electron chi connectivity index (χ0n) is 11.0. The minimum Gasteiger partial charge on any atom is -0.360 e. The summed E-state index contributed by atoms with van der Waals surface area (Å²) in [6, 6.07) is 2.02. The highest BCUT2D eigenvalue weighted by Crippen LogP contribution is 2.08. The van der Waals surface area contributed by atoms with E-state index in [0.717, 1.165) is 31.1 Å². The van der Waals surface area contributed by atoms with E-state index >= 15 is 0 Å². The molecule has 0 bridgehead atoms. The van der Waals surface area contributed by atoms with E-state index in [1.807, 2.05) is 6.07 Å². The van der Waals surface area contributed by atoms with Crippen molar-refractivity contribution in [2.45, 2.75) is 46.3 Å². The van der Waals surface area contributed by atoms with Gasteiger partial charge in [0, 0.05) is 18.2 Å². The number of aromatic nitrogens is 1. The number of nitrogens with zero attached hydrogens (tertiary/aromatic N) is 2. The molecule has 0 unspecified atom stereocenters. The van der Waals surface area contributed by atoms with Gasteiger partial charge in [0.1, 0.15) is 0 Å². The predicted octanol–water partition coefficient (Wildman–Crippen LogP) is 2.01. The molecule has 0 aliphatic heterocycles. The molecule has 0 saturated heterocycles. The summed E-state index contributed by atoms with van der Waals surface area (Å²) in [6.45, 7) is 11.1. The van der Waals surface area contributed by atoms with Crippen LogP contribution in [-0.4, -0.2) is 29.2 Å². The summed E-state index contributed by atoms with van der Waals surface area (Å²) >= 11 is 0. The Bertz CT molecular complexity index is 314. The van der Waals surface area contributed by atoms with Gasteiger partial charge in [-0.2, -0.15) is 0 Å². The standard InChI is InChI=1S/C12H23N3O/c1-6-15(5)9-11-7-10(14-16-11)8-13-12(2,3)4/h7,13H,6,8-9H2,1-5H3. The van der Waals surface area contributed by atoms with Crippen molar-refractivity contribution >= 4 is 0 Å². The van der Waals surface area contributed by atoms with E-state index < -0.39 is 0 Å². The molecule has 0 spiro atoms. The van der Waals surface area contributed by atoms with Crippen molar-refractivity contribution in [3.63, 3.8) is 0 Å². The van der Waals surface area contributed by atoms with Gasteiger partial charge in [-0.05, 0) is 34.4 Å². The molecule has 1 heterocycles. The third kappa shape index (κ3) is 4.77. The molecule has 4 heteroatoms. The normalized spacial score (nSPS) is 12.4. The van der Waals surface area contributed by atoms with Crippen LogP contribution in [0.2, 0.25) is 0 Å². The van der Waals surface area contributed by atoms with Crippen molar-refractivity contribution in [1.82, 2.24) is 15.4 Å². The molecule has 0 aliphatic rings. The first-order valence-corrected chi connectivity index (χ1v) is 5.79. The average Bonchev–Trinajstić information content (AvgIpc) is 2.61. The molecular weight excluding hydrogens is 202 g/mol. The van der Waals surface area contributed by atoms with Gasteiger partial charge in [-0.15, -0.1) is 0 Å². The summed E-state index contributed by atoms with van der Waals surface area (Å²) in [4.78, 5) is 2.18. The van der Waals surface area contributed by atoms with Gasteiger partial charge < -0.3 is 9.84 Å². The summed E-state index contributed by atoms with van der Waals surface area (Å²) < 4.78 is 5.27. The first-order valence-electron chi connectivity index (χ1n) is 5.79. The van der Waals surface area contributed by atoms with Gasteiger partial charge in [0.15, 0.2) is 5.76 Å². The molecule has 0 amide bonds. The summed E-state index contributed by atoms with van der Waals surface area (Å²) in [5.74, 6) is 0.926. The van der Waals surface area contributed by atoms with E-state index in [9.17, 15) is 0 Å². The molecule has 0 atom stereocenters. The smallest absolute Gasteiger partial charge is 0.151 e. The van der Waals surface area contributed by atoms with Crippen LogP contribution in [0.15, 0.2) is 10.6 Å². The minimum atomic E-state index is 0.110. The molecule has 1 N–H and O–H groups in total. The summed E-state index contributed by atoms with van der Waals surface area (Å²) in [7, 11) is 2.07. The van der Waals surface area contributed by atoms with Crippen LogP contribution in [0, 0.1) is 0 Å². The van der Waals surface area contributed by atoms with Crippen molar-refractivity contribution in [2.75, 3.05) is 13.6 Å². The summed E-state index contributed by atoms with van der Waals surface area (Å²) in [5.41, 5.74) is 1.08. The van der Waals surface area contributed by atoms with Gasteiger partial charge in [-0.1, -0.05) is 12.1 Å². The maximum absolute atomic E-state index is 5.27. The highest BCUT2D eigenvalue weighted by molar-refractivity contribution is 5.05. The van der Waals surface area contributed by atoms with Crippen molar-refractivity contribution in [3.05, 3.63) is 17.5 Å². The lowest BCUT2D eigenvalue weighted by atomic mass is 10.1. The molecule has 1 rings (SSSR count). The monoisotopic (exact) mass is 225 g/mol. The number of nitrogens with one attached hydrogen (secondary N) is 1. The maximum Gasteiger partial charge on any atom is 0.151 e. The number of rotatable bonds is 5.